The molecule has 4 aliphatic carbocycles. The Hall–Kier alpha value is 0.136. The molecule has 6 fully saturated rings. The molecule has 5 unspecified atom stereocenters. The van der Waals surface area contributed by atoms with Gasteiger partial charge in [0.25, 0.3) is 0 Å². The molecule has 228 valence electrons. The molecule has 4 saturated carbocycles. The largest absolute Gasteiger partial charge is 2.00 e. The van der Waals surface area contributed by atoms with Gasteiger partial charge in [-0.15, -0.1) is 24.0 Å². The summed E-state index contributed by atoms with van der Waals surface area (Å²) in [6, 6.07) is 15.5. The van der Waals surface area contributed by atoms with Crippen molar-refractivity contribution < 1.29 is 17.1 Å². The van der Waals surface area contributed by atoms with E-state index in [1.54, 1.807) is 16.3 Å². The molecule has 4 nitrogen and oxygen atoms in total. The van der Waals surface area contributed by atoms with Crippen molar-refractivity contribution in [1.82, 2.24) is 21.3 Å². The van der Waals surface area contributed by atoms with Crippen molar-refractivity contribution in [1.29, 1.82) is 0 Å². The maximum absolute atomic E-state index is 3.92. The van der Waals surface area contributed by atoms with Gasteiger partial charge in [0.15, 0.2) is 0 Å². The quantitative estimate of drug-likeness (QED) is 0.206. The molecule has 0 amide bonds. The van der Waals surface area contributed by atoms with Crippen LogP contribution in [-0.4, -0.2) is 52.7 Å². The first-order valence-corrected chi connectivity index (χ1v) is 21.1. The van der Waals surface area contributed by atoms with Crippen molar-refractivity contribution in [3.63, 3.8) is 0 Å². The second-order valence-corrected chi connectivity index (χ2v) is 21.2. The van der Waals surface area contributed by atoms with Gasteiger partial charge in [0.1, 0.15) is 0 Å². The zero-order chi connectivity index (χ0) is 28.0. The maximum atomic E-state index is 3.92. The maximum Gasteiger partial charge on any atom is 2.00 e. The summed E-state index contributed by atoms with van der Waals surface area (Å²) in [7, 11) is 5.17. The van der Waals surface area contributed by atoms with Crippen LogP contribution in [0.1, 0.15) is 56.1 Å². The van der Waals surface area contributed by atoms with Crippen LogP contribution in [0.25, 0.3) is 0 Å². The van der Waals surface area contributed by atoms with Gasteiger partial charge in [-0.05, 0) is 88.1 Å². The van der Waals surface area contributed by atoms with Crippen LogP contribution >= 0.6 is 18.5 Å². The summed E-state index contributed by atoms with van der Waals surface area (Å²) in [5.74, 6) is 3.67. The first-order valence-electron chi connectivity index (χ1n) is 16.2. The van der Waals surface area contributed by atoms with Crippen LogP contribution in [0.4, 0.5) is 0 Å². The SMILES string of the molecule is C[Si](C)(C)c1cc(C23CC4CC(CC(C4)C2CP)C3)c(C(P)(C2NCCCN2)C2NCCCN2)[cH-]1.[Fe+2].c1cc[cH-]c1. The van der Waals surface area contributed by atoms with Gasteiger partial charge < -0.3 is 21.3 Å². The molecule has 4 N–H and O–H groups in total. The number of nitrogens with one attached hydrogen (secondary N) is 4. The van der Waals surface area contributed by atoms with Gasteiger partial charge in [-0.25, -0.2) is 18.2 Å². The van der Waals surface area contributed by atoms with Gasteiger partial charge in [-0.3, -0.25) is 0 Å². The molecule has 2 heterocycles. The average molecular weight is 653 g/mol. The van der Waals surface area contributed by atoms with Gasteiger partial charge in [0, 0.05) is 5.16 Å². The summed E-state index contributed by atoms with van der Waals surface area (Å²) < 4.78 is 0. The van der Waals surface area contributed by atoms with Gasteiger partial charge in [-0.1, -0.05) is 37.9 Å². The second kappa shape index (κ2) is 13.2. The van der Waals surface area contributed by atoms with Crippen molar-refractivity contribution in [2.45, 2.75) is 87.5 Å². The van der Waals surface area contributed by atoms with Crippen molar-refractivity contribution in [3.05, 3.63) is 53.6 Å². The van der Waals surface area contributed by atoms with E-state index in [1.807, 2.05) is 30.3 Å². The number of hydrogen-bond donors (Lipinski definition) is 4. The second-order valence-electron chi connectivity index (χ2n) is 14.7. The molecular formula is C33H54FeN4P2Si. The summed E-state index contributed by atoms with van der Waals surface area (Å²) in [6.45, 7) is 12.0. The van der Waals surface area contributed by atoms with E-state index in [-0.39, 0.29) is 34.6 Å². The normalized spacial score (nSPS) is 32.3. The van der Waals surface area contributed by atoms with Crippen molar-refractivity contribution in [2.24, 2.45) is 23.7 Å². The summed E-state index contributed by atoms with van der Waals surface area (Å²) in [5.41, 5.74) is 3.75. The predicted molar refractivity (Wildman–Crippen MR) is 181 cm³/mol. The van der Waals surface area contributed by atoms with E-state index in [9.17, 15) is 0 Å². The predicted octanol–water partition coefficient (Wildman–Crippen LogP) is 4.81. The molecule has 2 saturated heterocycles. The molecule has 0 aromatic heterocycles. The van der Waals surface area contributed by atoms with Crippen LogP contribution in [0.15, 0.2) is 42.5 Å². The van der Waals surface area contributed by atoms with Crippen LogP contribution < -0.4 is 26.5 Å². The number of rotatable bonds is 6. The first kappa shape index (κ1) is 32.5. The van der Waals surface area contributed by atoms with Crippen molar-refractivity contribution in [3.8, 4) is 0 Å². The van der Waals surface area contributed by atoms with Crippen LogP contribution in [0.5, 0.6) is 0 Å². The van der Waals surface area contributed by atoms with E-state index in [0.717, 1.165) is 49.9 Å². The van der Waals surface area contributed by atoms with E-state index in [2.05, 4.69) is 71.5 Å². The topological polar surface area (TPSA) is 48.1 Å². The Balaban J connectivity index is 0.000000510. The zero-order valence-corrected chi connectivity index (χ0v) is 29.9. The summed E-state index contributed by atoms with van der Waals surface area (Å²) in [4.78, 5) is 0. The molecule has 4 bridgehead atoms. The van der Waals surface area contributed by atoms with E-state index in [1.165, 1.54) is 51.1 Å². The Morgan fingerprint density at radius 3 is 1.88 bits per heavy atom. The fourth-order valence-corrected chi connectivity index (χ4v) is 12.2. The van der Waals surface area contributed by atoms with Crippen LogP contribution in [0.2, 0.25) is 19.6 Å². The Morgan fingerprint density at radius 2 is 1.44 bits per heavy atom. The van der Waals surface area contributed by atoms with Crippen molar-refractivity contribution in [2.75, 3.05) is 32.3 Å². The molecule has 8 rings (SSSR count). The molecular weight excluding hydrogens is 598 g/mol. The van der Waals surface area contributed by atoms with Crippen LogP contribution in [0, 0.1) is 23.7 Å². The van der Waals surface area contributed by atoms with E-state index < -0.39 is 8.07 Å². The fourth-order valence-electron chi connectivity index (χ4n) is 9.48. The molecule has 8 heteroatoms. The summed E-state index contributed by atoms with van der Waals surface area (Å²) in [5, 5.41) is 17.2. The van der Waals surface area contributed by atoms with E-state index in [4.69, 9.17) is 0 Å². The Kier molecular flexibility index (Phi) is 10.5. The standard InChI is InChI=1S/C28H49N4P2Si.C5H5.Fe/c1-35(2,3)21-13-22(27-15-18-10-19(16-27)12-20(11-18)24(27)17-33)23(14-21)28(34,25-29-6-4-7-30-25)26-31-8-5-9-32-26;1-2-4-5-3-1;/h13-14,18-20,24-26,29-32H,4-12,15-17,33-34H2,1-3H3;1-5H;/q2*-1;+2. The molecule has 6 aliphatic rings. The summed E-state index contributed by atoms with van der Waals surface area (Å²) >= 11 is 0. The number of hydrogen-bond acceptors (Lipinski definition) is 4. The van der Waals surface area contributed by atoms with Gasteiger partial charge >= 0.3 is 17.1 Å². The van der Waals surface area contributed by atoms with Crippen molar-refractivity contribution >= 4 is 31.7 Å². The third kappa shape index (κ3) is 6.19. The Bertz CT molecular complexity index is 1050. The van der Waals surface area contributed by atoms with Gasteiger partial charge in [0.05, 0.1) is 20.4 Å². The minimum absolute atomic E-state index is 0. The Labute approximate surface area is 266 Å². The third-order valence-electron chi connectivity index (χ3n) is 11.1. The fraction of sp³-hybridized carbons (Fsp3) is 0.697. The molecule has 0 radical (unpaired) electrons. The minimum atomic E-state index is -1.46. The molecule has 5 atom stereocenters. The van der Waals surface area contributed by atoms with Crippen LogP contribution in [0.3, 0.4) is 0 Å². The molecule has 2 aromatic rings. The first-order chi connectivity index (χ1) is 19.3. The third-order valence-corrected chi connectivity index (χ3v) is 14.7. The smallest absolute Gasteiger partial charge is 0.301 e. The minimum Gasteiger partial charge on any atom is -0.301 e. The molecule has 2 aromatic carbocycles. The monoisotopic (exact) mass is 652 g/mol. The molecule has 2 aliphatic heterocycles. The molecule has 0 spiro atoms. The van der Waals surface area contributed by atoms with E-state index >= 15 is 0 Å². The van der Waals surface area contributed by atoms with Crippen LogP contribution in [-0.2, 0) is 27.6 Å². The Morgan fingerprint density at radius 1 is 0.902 bits per heavy atom. The van der Waals surface area contributed by atoms with Gasteiger partial charge in [-0.2, -0.15) is 35.0 Å². The van der Waals surface area contributed by atoms with E-state index in [0.29, 0.717) is 5.41 Å². The zero-order valence-electron chi connectivity index (χ0n) is 25.5. The van der Waals surface area contributed by atoms with Gasteiger partial charge in [0.2, 0.25) is 0 Å². The average Bonchev–Trinajstić information content (AvgIpc) is 3.68. The molecule has 41 heavy (non-hydrogen) atoms. The summed E-state index contributed by atoms with van der Waals surface area (Å²) in [6.07, 6.45) is 11.5.